The van der Waals surface area contributed by atoms with Crippen molar-refractivity contribution in [3.8, 4) is 17.0 Å². The van der Waals surface area contributed by atoms with Gasteiger partial charge in [0.05, 0.1) is 22.2 Å². The van der Waals surface area contributed by atoms with E-state index in [1.165, 1.54) is 7.11 Å². The van der Waals surface area contributed by atoms with Crippen molar-refractivity contribution in [1.29, 1.82) is 0 Å². The predicted molar refractivity (Wildman–Crippen MR) is 78.2 cm³/mol. The molecule has 7 heteroatoms. The van der Waals surface area contributed by atoms with Gasteiger partial charge in [0.2, 0.25) is 5.88 Å². The first-order chi connectivity index (χ1) is 9.45. The van der Waals surface area contributed by atoms with Crippen LogP contribution in [-0.4, -0.2) is 23.2 Å². The third-order valence-electron chi connectivity index (χ3n) is 2.61. The molecule has 0 unspecified atom stereocenters. The Morgan fingerprint density at radius 3 is 2.35 bits per heavy atom. The molecule has 1 heterocycles. The van der Waals surface area contributed by atoms with E-state index in [4.69, 9.17) is 39.5 Å². The number of ether oxygens (including phenoxy) is 1. The monoisotopic (exact) mass is 331 g/mol. The zero-order valence-electron chi connectivity index (χ0n) is 10.2. The van der Waals surface area contributed by atoms with E-state index in [2.05, 4.69) is 4.98 Å². The van der Waals surface area contributed by atoms with Gasteiger partial charge in [-0.25, -0.2) is 9.78 Å². The van der Waals surface area contributed by atoms with Gasteiger partial charge in [0.25, 0.3) is 0 Å². The van der Waals surface area contributed by atoms with Gasteiger partial charge in [-0.1, -0.05) is 40.9 Å². The van der Waals surface area contributed by atoms with Crippen molar-refractivity contribution >= 4 is 40.8 Å². The predicted octanol–water partition coefficient (Wildman–Crippen LogP) is 4.42. The average Bonchev–Trinajstić information content (AvgIpc) is 2.44. The first-order valence-corrected chi connectivity index (χ1v) is 6.51. The van der Waals surface area contributed by atoms with Crippen LogP contribution in [0.4, 0.5) is 0 Å². The van der Waals surface area contributed by atoms with Gasteiger partial charge in [-0.15, -0.1) is 0 Å². The van der Waals surface area contributed by atoms with E-state index in [0.29, 0.717) is 16.1 Å². The molecule has 0 saturated carbocycles. The molecule has 0 fully saturated rings. The molecule has 0 aliphatic heterocycles. The quantitative estimate of drug-likeness (QED) is 0.845. The Labute approximate surface area is 129 Å². The molecule has 1 aromatic carbocycles. The van der Waals surface area contributed by atoms with E-state index >= 15 is 0 Å². The highest BCUT2D eigenvalue weighted by atomic mass is 35.5. The van der Waals surface area contributed by atoms with Crippen LogP contribution in [0.1, 0.15) is 10.5 Å². The number of halogens is 3. The van der Waals surface area contributed by atoms with Crippen molar-refractivity contribution in [2.45, 2.75) is 0 Å². The fraction of sp³-hybridized carbons (Fsp3) is 0.0769. The van der Waals surface area contributed by atoms with Gasteiger partial charge in [0, 0.05) is 17.2 Å². The lowest BCUT2D eigenvalue weighted by Crippen LogP contribution is -2.04. The SMILES string of the molecule is COc1ccc(-c2ccc(Cl)c(Cl)c2Cl)c(C(=O)O)n1. The molecule has 0 atom stereocenters. The third-order valence-corrected chi connectivity index (χ3v) is 3.90. The minimum Gasteiger partial charge on any atom is -0.481 e. The van der Waals surface area contributed by atoms with Gasteiger partial charge in [0.15, 0.2) is 5.69 Å². The molecule has 1 N–H and O–H groups in total. The minimum atomic E-state index is -1.19. The highest BCUT2D eigenvalue weighted by Gasteiger charge is 2.19. The molecule has 1 aromatic heterocycles. The standard InChI is InChI=1S/C13H8Cl3NO3/c1-20-9-5-3-7(12(17-9)13(18)19)6-2-4-8(14)11(16)10(6)15/h2-5H,1H3,(H,18,19). The molecule has 20 heavy (non-hydrogen) atoms. The van der Waals surface area contributed by atoms with Crippen LogP contribution in [0.15, 0.2) is 24.3 Å². The molecule has 0 bridgehead atoms. The molecule has 2 aromatic rings. The summed E-state index contributed by atoms with van der Waals surface area (Å²) in [6, 6.07) is 6.23. The van der Waals surface area contributed by atoms with E-state index < -0.39 is 5.97 Å². The van der Waals surface area contributed by atoms with Crippen molar-refractivity contribution in [2.75, 3.05) is 7.11 Å². The average molecular weight is 333 g/mol. The van der Waals surface area contributed by atoms with E-state index in [1.807, 2.05) is 0 Å². The Morgan fingerprint density at radius 1 is 1.10 bits per heavy atom. The molecule has 2 rings (SSSR count). The Morgan fingerprint density at radius 2 is 1.75 bits per heavy atom. The first-order valence-electron chi connectivity index (χ1n) is 5.38. The fourth-order valence-corrected chi connectivity index (χ4v) is 2.31. The summed E-state index contributed by atoms with van der Waals surface area (Å²) < 4.78 is 4.91. The summed E-state index contributed by atoms with van der Waals surface area (Å²) in [6.07, 6.45) is 0. The maximum absolute atomic E-state index is 11.3. The lowest BCUT2D eigenvalue weighted by Gasteiger charge is -2.10. The van der Waals surface area contributed by atoms with Crippen LogP contribution in [0.3, 0.4) is 0 Å². The Hall–Kier alpha value is -1.49. The minimum absolute atomic E-state index is 0.165. The molecule has 0 spiro atoms. The Bertz CT molecular complexity index is 689. The van der Waals surface area contributed by atoms with Gasteiger partial charge in [-0.3, -0.25) is 0 Å². The molecule has 104 valence electrons. The second kappa shape index (κ2) is 5.87. The van der Waals surface area contributed by atoms with E-state index in [1.54, 1.807) is 24.3 Å². The van der Waals surface area contributed by atoms with E-state index in [-0.39, 0.29) is 21.6 Å². The number of aromatic nitrogens is 1. The lowest BCUT2D eigenvalue weighted by molar-refractivity contribution is 0.0690. The molecule has 0 aliphatic carbocycles. The summed E-state index contributed by atoms with van der Waals surface area (Å²) in [5.41, 5.74) is 0.597. The number of benzene rings is 1. The van der Waals surface area contributed by atoms with Crippen molar-refractivity contribution < 1.29 is 14.6 Å². The maximum Gasteiger partial charge on any atom is 0.355 e. The van der Waals surface area contributed by atoms with Gasteiger partial charge in [-0.2, -0.15) is 0 Å². The van der Waals surface area contributed by atoms with Crippen LogP contribution in [0.2, 0.25) is 15.1 Å². The summed E-state index contributed by atoms with van der Waals surface area (Å²) in [5.74, 6) is -0.997. The number of methoxy groups -OCH3 is 1. The van der Waals surface area contributed by atoms with E-state index in [0.717, 1.165) is 0 Å². The summed E-state index contributed by atoms with van der Waals surface area (Å²) in [7, 11) is 1.40. The number of carbonyl (C=O) groups is 1. The molecule has 4 nitrogen and oxygen atoms in total. The smallest absolute Gasteiger partial charge is 0.355 e. The fourth-order valence-electron chi connectivity index (χ4n) is 1.67. The van der Waals surface area contributed by atoms with Crippen LogP contribution < -0.4 is 4.74 Å². The summed E-state index contributed by atoms with van der Waals surface area (Å²) in [5, 5.41) is 9.87. The van der Waals surface area contributed by atoms with Gasteiger partial charge < -0.3 is 9.84 Å². The van der Waals surface area contributed by atoms with Crippen LogP contribution in [0, 0.1) is 0 Å². The Kier molecular flexibility index (Phi) is 4.38. The molecule has 0 saturated heterocycles. The zero-order chi connectivity index (χ0) is 14.9. The van der Waals surface area contributed by atoms with Crippen LogP contribution in [0.25, 0.3) is 11.1 Å². The number of rotatable bonds is 3. The highest BCUT2D eigenvalue weighted by Crippen LogP contribution is 2.39. The molecular formula is C13H8Cl3NO3. The molecule has 0 aliphatic rings. The van der Waals surface area contributed by atoms with Crippen molar-refractivity contribution in [2.24, 2.45) is 0 Å². The third kappa shape index (κ3) is 2.68. The van der Waals surface area contributed by atoms with Gasteiger partial charge in [0.1, 0.15) is 0 Å². The van der Waals surface area contributed by atoms with E-state index in [9.17, 15) is 9.90 Å². The number of hydrogen-bond donors (Lipinski definition) is 1. The van der Waals surface area contributed by atoms with Crippen molar-refractivity contribution in [1.82, 2.24) is 4.98 Å². The number of nitrogens with zero attached hydrogens (tertiary/aromatic N) is 1. The summed E-state index contributed by atoms with van der Waals surface area (Å²) in [6.45, 7) is 0. The second-order valence-corrected chi connectivity index (χ2v) is 4.94. The van der Waals surface area contributed by atoms with Crippen LogP contribution in [0.5, 0.6) is 5.88 Å². The number of carboxylic acids is 1. The number of carboxylic acid groups (broad SMARTS) is 1. The van der Waals surface area contributed by atoms with Crippen LogP contribution in [-0.2, 0) is 0 Å². The van der Waals surface area contributed by atoms with Crippen LogP contribution >= 0.6 is 34.8 Å². The normalized spacial score (nSPS) is 10.4. The number of aromatic carboxylic acids is 1. The largest absolute Gasteiger partial charge is 0.481 e. The highest BCUT2D eigenvalue weighted by molar-refractivity contribution is 6.49. The number of pyridine rings is 1. The first kappa shape index (κ1) is 14.9. The summed E-state index contributed by atoms with van der Waals surface area (Å²) in [4.78, 5) is 15.2. The molecule has 0 amide bonds. The maximum atomic E-state index is 11.3. The molecular weight excluding hydrogens is 325 g/mol. The van der Waals surface area contributed by atoms with Gasteiger partial charge in [-0.05, 0) is 12.1 Å². The summed E-state index contributed by atoms with van der Waals surface area (Å²) >= 11 is 17.9. The van der Waals surface area contributed by atoms with Crippen molar-refractivity contribution in [3.63, 3.8) is 0 Å². The lowest BCUT2D eigenvalue weighted by atomic mass is 10.0. The Balaban J connectivity index is 2.70. The second-order valence-electron chi connectivity index (χ2n) is 3.78. The topological polar surface area (TPSA) is 59.4 Å². The van der Waals surface area contributed by atoms with Gasteiger partial charge >= 0.3 is 5.97 Å². The zero-order valence-corrected chi connectivity index (χ0v) is 12.4. The number of hydrogen-bond acceptors (Lipinski definition) is 3. The van der Waals surface area contributed by atoms with Crippen molar-refractivity contribution in [3.05, 3.63) is 45.0 Å². The molecule has 0 radical (unpaired) electrons.